The zero-order valence-corrected chi connectivity index (χ0v) is 12.1. The summed E-state index contributed by atoms with van der Waals surface area (Å²) in [5, 5.41) is 22.0. The number of rotatable bonds is 7. The van der Waals surface area contributed by atoms with Crippen LogP contribution in [0.15, 0.2) is 6.20 Å². The molecule has 0 aliphatic heterocycles. The summed E-state index contributed by atoms with van der Waals surface area (Å²) >= 11 is 0. The lowest BCUT2D eigenvalue weighted by atomic mass is 10.0. The highest BCUT2D eigenvalue weighted by molar-refractivity contribution is 5.83. The number of aromatic nitrogens is 2. The van der Waals surface area contributed by atoms with E-state index in [1.807, 2.05) is 0 Å². The van der Waals surface area contributed by atoms with Crippen LogP contribution in [-0.4, -0.2) is 37.5 Å². The molecule has 1 heterocycles. The molecule has 116 valence electrons. The molecule has 0 aliphatic carbocycles. The standard InChI is InChI=1S/C12H18N4O5/c1-7(2)11(12(18)19)14-10(17)4-5-15-6-9(16(20)21)13-8(15)3/h6-7,11H,4-5H2,1-3H3,(H,14,17)(H,18,19)/t11-/m1/s1. The Morgan fingerprint density at radius 1 is 1.52 bits per heavy atom. The van der Waals surface area contributed by atoms with Crippen molar-refractivity contribution in [2.45, 2.75) is 39.8 Å². The average Bonchev–Trinajstić information content (AvgIpc) is 2.74. The summed E-state index contributed by atoms with van der Waals surface area (Å²) in [6, 6.07) is -0.948. The molecule has 0 spiro atoms. The predicted molar refractivity (Wildman–Crippen MR) is 72.6 cm³/mol. The maximum atomic E-state index is 11.7. The van der Waals surface area contributed by atoms with Gasteiger partial charge in [0.2, 0.25) is 11.7 Å². The monoisotopic (exact) mass is 298 g/mol. The van der Waals surface area contributed by atoms with Crippen LogP contribution in [0.4, 0.5) is 5.82 Å². The van der Waals surface area contributed by atoms with Gasteiger partial charge in [0.15, 0.2) is 0 Å². The molecule has 1 amide bonds. The van der Waals surface area contributed by atoms with Crippen molar-refractivity contribution >= 4 is 17.7 Å². The number of nitrogens with zero attached hydrogens (tertiary/aromatic N) is 3. The average molecular weight is 298 g/mol. The number of hydrogen-bond acceptors (Lipinski definition) is 5. The van der Waals surface area contributed by atoms with Crippen molar-refractivity contribution in [3.05, 3.63) is 22.1 Å². The molecule has 9 heteroatoms. The van der Waals surface area contributed by atoms with E-state index in [4.69, 9.17) is 5.11 Å². The third-order valence-corrected chi connectivity index (χ3v) is 2.98. The number of carboxylic acid groups (broad SMARTS) is 1. The summed E-state index contributed by atoms with van der Waals surface area (Å²) in [6.45, 7) is 5.19. The Balaban J connectivity index is 2.61. The van der Waals surface area contributed by atoms with Gasteiger partial charge in [0, 0.05) is 19.9 Å². The van der Waals surface area contributed by atoms with Crippen LogP contribution >= 0.6 is 0 Å². The van der Waals surface area contributed by atoms with Crippen LogP contribution in [-0.2, 0) is 16.1 Å². The molecule has 2 N–H and O–H groups in total. The Morgan fingerprint density at radius 3 is 2.57 bits per heavy atom. The molecular weight excluding hydrogens is 280 g/mol. The van der Waals surface area contributed by atoms with Gasteiger partial charge in [-0.2, -0.15) is 0 Å². The molecule has 1 rings (SSSR count). The fraction of sp³-hybridized carbons (Fsp3) is 0.583. The van der Waals surface area contributed by atoms with Gasteiger partial charge in [0.05, 0.1) is 0 Å². The third-order valence-electron chi connectivity index (χ3n) is 2.98. The maximum absolute atomic E-state index is 11.7. The van der Waals surface area contributed by atoms with Crippen molar-refractivity contribution < 1.29 is 19.6 Å². The van der Waals surface area contributed by atoms with Gasteiger partial charge in [0.25, 0.3) is 0 Å². The molecule has 9 nitrogen and oxygen atoms in total. The van der Waals surface area contributed by atoms with Crippen molar-refractivity contribution in [1.82, 2.24) is 14.9 Å². The van der Waals surface area contributed by atoms with E-state index in [0.717, 1.165) is 0 Å². The molecule has 0 aliphatic rings. The number of nitro groups is 1. The SMILES string of the molecule is Cc1nc([N+](=O)[O-])cn1CCC(=O)N[C@@H](C(=O)O)C(C)C. The van der Waals surface area contributed by atoms with Gasteiger partial charge < -0.3 is 25.1 Å². The number of carboxylic acids is 1. The topological polar surface area (TPSA) is 127 Å². The number of imidazole rings is 1. The summed E-state index contributed by atoms with van der Waals surface area (Å²) in [4.78, 5) is 36.4. The maximum Gasteiger partial charge on any atom is 0.381 e. The molecular formula is C12H18N4O5. The van der Waals surface area contributed by atoms with Gasteiger partial charge in [0.1, 0.15) is 12.2 Å². The van der Waals surface area contributed by atoms with Crippen LogP contribution in [0.5, 0.6) is 0 Å². The number of nitrogens with one attached hydrogen (secondary N) is 1. The molecule has 0 unspecified atom stereocenters. The van der Waals surface area contributed by atoms with Crippen molar-refractivity contribution in [3.8, 4) is 0 Å². The van der Waals surface area contributed by atoms with Gasteiger partial charge in [-0.3, -0.25) is 4.79 Å². The first-order valence-electron chi connectivity index (χ1n) is 6.42. The summed E-state index contributed by atoms with van der Waals surface area (Å²) in [6.07, 6.45) is 1.27. The van der Waals surface area contributed by atoms with E-state index in [1.165, 1.54) is 10.8 Å². The Labute approximate surface area is 121 Å². The second kappa shape index (κ2) is 6.82. The van der Waals surface area contributed by atoms with Crippen LogP contribution in [0, 0.1) is 23.0 Å². The van der Waals surface area contributed by atoms with Crippen LogP contribution in [0.25, 0.3) is 0 Å². The van der Waals surface area contributed by atoms with E-state index in [1.54, 1.807) is 20.8 Å². The van der Waals surface area contributed by atoms with Crippen LogP contribution in [0.1, 0.15) is 26.1 Å². The highest BCUT2D eigenvalue weighted by Gasteiger charge is 2.23. The lowest BCUT2D eigenvalue weighted by Gasteiger charge is -2.17. The number of aliphatic carboxylic acids is 1. The van der Waals surface area contributed by atoms with Gasteiger partial charge in [-0.1, -0.05) is 13.8 Å². The highest BCUT2D eigenvalue weighted by atomic mass is 16.6. The number of amides is 1. The quantitative estimate of drug-likeness (QED) is 0.564. The first-order chi connectivity index (χ1) is 9.72. The Morgan fingerprint density at radius 2 is 2.14 bits per heavy atom. The number of aryl methyl sites for hydroxylation is 2. The van der Waals surface area contributed by atoms with Gasteiger partial charge in [-0.05, 0) is 15.8 Å². The van der Waals surface area contributed by atoms with Crippen molar-refractivity contribution in [2.24, 2.45) is 5.92 Å². The van der Waals surface area contributed by atoms with E-state index < -0.39 is 22.8 Å². The second-order valence-corrected chi connectivity index (χ2v) is 4.97. The van der Waals surface area contributed by atoms with Crippen LogP contribution in [0.3, 0.4) is 0 Å². The molecule has 1 atom stereocenters. The fourth-order valence-corrected chi connectivity index (χ4v) is 1.79. The van der Waals surface area contributed by atoms with E-state index in [9.17, 15) is 19.7 Å². The molecule has 1 aromatic heterocycles. The number of carbonyl (C=O) groups excluding carboxylic acids is 1. The zero-order chi connectivity index (χ0) is 16.2. The molecule has 0 saturated heterocycles. The van der Waals surface area contributed by atoms with Gasteiger partial charge in [-0.25, -0.2) is 4.79 Å². The second-order valence-electron chi connectivity index (χ2n) is 4.97. The minimum Gasteiger partial charge on any atom is -0.480 e. The molecule has 0 saturated carbocycles. The van der Waals surface area contributed by atoms with Crippen LogP contribution in [0.2, 0.25) is 0 Å². The third kappa shape index (κ3) is 4.55. The summed E-state index contributed by atoms with van der Waals surface area (Å²) in [5.41, 5.74) is 0. The normalized spacial score (nSPS) is 12.2. The smallest absolute Gasteiger partial charge is 0.381 e. The first kappa shape index (κ1) is 16.6. The van der Waals surface area contributed by atoms with Crippen LogP contribution < -0.4 is 5.32 Å². The lowest BCUT2D eigenvalue weighted by molar-refractivity contribution is -0.389. The predicted octanol–water partition coefficient (Wildman–Crippen LogP) is 0.715. The summed E-state index contributed by atoms with van der Waals surface area (Å²) in [7, 11) is 0. The molecule has 0 fully saturated rings. The summed E-state index contributed by atoms with van der Waals surface area (Å²) in [5.74, 6) is -1.60. The lowest BCUT2D eigenvalue weighted by Crippen LogP contribution is -2.44. The van der Waals surface area contributed by atoms with E-state index in [2.05, 4.69) is 10.3 Å². The number of hydrogen-bond donors (Lipinski definition) is 2. The summed E-state index contributed by atoms with van der Waals surface area (Å²) < 4.78 is 1.49. The fourth-order valence-electron chi connectivity index (χ4n) is 1.79. The Kier molecular flexibility index (Phi) is 5.39. The first-order valence-corrected chi connectivity index (χ1v) is 6.42. The van der Waals surface area contributed by atoms with Gasteiger partial charge in [-0.15, -0.1) is 0 Å². The van der Waals surface area contributed by atoms with E-state index in [0.29, 0.717) is 5.82 Å². The van der Waals surface area contributed by atoms with Gasteiger partial charge >= 0.3 is 11.8 Å². The van der Waals surface area contributed by atoms with Crippen molar-refractivity contribution in [1.29, 1.82) is 0 Å². The Hall–Kier alpha value is -2.45. The minimum atomic E-state index is -1.09. The highest BCUT2D eigenvalue weighted by Crippen LogP contribution is 2.11. The van der Waals surface area contributed by atoms with E-state index >= 15 is 0 Å². The molecule has 21 heavy (non-hydrogen) atoms. The Bertz CT molecular complexity index is 552. The largest absolute Gasteiger partial charge is 0.480 e. The number of carbonyl (C=O) groups is 2. The molecule has 0 radical (unpaired) electrons. The molecule has 0 bridgehead atoms. The zero-order valence-electron chi connectivity index (χ0n) is 12.1. The minimum absolute atomic E-state index is 0.0187. The van der Waals surface area contributed by atoms with Crippen molar-refractivity contribution in [3.63, 3.8) is 0 Å². The molecule has 1 aromatic rings. The van der Waals surface area contributed by atoms with Crippen molar-refractivity contribution in [2.75, 3.05) is 0 Å². The molecule has 0 aromatic carbocycles. The van der Waals surface area contributed by atoms with E-state index in [-0.39, 0.29) is 24.7 Å².